The minimum Gasteiger partial charge on any atom is -0.300 e. The van der Waals surface area contributed by atoms with Crippen LogP contribution >= 0.6 is 0 Å². The van der Waals surface area contributed by atoms with Crippen molar-refractivity contribution in [3.63, 3.8) is 0 Å². The Morgan fingerprint density at radius 1 is 1.64 bits per heavy atom. The highest BCUT2D eigenvalue weighted by Gasteiger charge is 2.13. The predicted molar refractivity (Wildman–Crippen MR) is 45.4 cm³/mol. The minimum atomic E-state index is 0.850. The van der Waals surface area contributed by atoms with Gasteiger partial charge in [-0.3, -0.25) is 5.01 Å². The SMILES string of the molecule is C=CC1=C(/N=C\C)N(C)NN1. The Morgan fingerprint density at radius 2 is 2.36 bits per heavy atom. The van der Waals surface area contributed by atoms with Crippen LogP contribution in [0.15, 0.2) is 29.2 Å². The molecule has 1 rings (SSSR count). The summed E-state index contributed by atoms with van der Waals surface area (Å²) >= 11 is 0. The fourth-order valence-electron chi connectivity index (χ4n) is 0.854. The van der Waals surface area contributed by atoms with Crippen LogP contribution in [0.4, 0.5) is 0 Å². The number of nitrogens with zero attached hydrogens (tertiary/aromatic N) is 2. The highest BCUT2D eigenvalue weighted by atomic mass is 15.7. The maximum absolute atomic E-state index is 4.14. The van der Waals surface area contributed by atoms with Crippen LogP contribution in [0.5, 0.6) is 0 Å². The molecule has 0 bridgehead atoms. The van der Waals surface area contributed by atoms with Gasteiger partial charge in [-0.15, -0.1) is 5.53 Å². The fraction of sp³-hybridized carbons (Fsp3) is 0.286. The van der Waals surface area contributed by atoms with E-state index in [0.29, 0.717) is 0 Å². The molecule has 0 radical (unpaired) electrons. The zero-order valence-electron chi connectivity index (χ0n) is 6.76. The molecule has 4 nitrogen and oxygen atoms in total. The molecule has 0 aromatic carbocycles. The monoisotopic (exact) mass is 152 g/mol. The lowest BCUT2D eigenvalue weighted by atomic mass is 10.4. The lowest BCUT2D eigenvalue weighted by molar-refractivity contribution is 0.304. The number of nitrogens with one attached hydrogen (secondary N) is 2. The highest BCUT2D eigenvalue weighted by Crippen LogP contribution is 2.10. The molecule has 2 N–H and O–H groups in total. The molecule has 0 aromatic heterocycles. The van der Waals surface area contributed by atoms with Gasteiger partial charge in [0.2, 0.25) is 0 Å². The van der Waals surface area contributed by atoms with Gasteiger partial charge in [0.15, 0.2) is 5.82 Å². The average molecular weight is 152 g/mol. The Bertz CT molecular complexity index is 216. The summed E-state index contributed by atoms with van der Waals surface area (Å²) in [6, 6.07) is 0. The van der Waals surface area contributed by atoms with Gasteiger partial charge < -0.3 is 5.43 Å². The molecule has 4 heteroatoms. The molecule has 0 unspecified atom stereocenters. The first-order valence-corrected chi connectivity index (χ1v) is 3.40. The number of hydrogen-bond acceptors (Lipinski definition) is 4. The molecule has 1 aliphatic rings. The second kappa shape index (κ2) is 3.21. The quantitative estimate of drug-likeness (QED) is 0.562. The molecule has 0 saturated heterocycles. The fourth-order valence-corrected chi connectivity index (χ4v) is 0.854. The summed E-state index contributed by atoms with van der Waals surface area (Å²) in [7, 11) is 1.88. The topological polar surface area (TPSA) is 39.7 Å². The number of allylic oxidation sites excluding steroid dienone is 1. The Hall–Kier alpha value is -1.29. The molecule has 0 amide bonds. The van der Waals surface area contributed by atoms with Crippen LogP contribution in [0.1, 0.15) is 6.92 Å². The van der Waals surface area contributed by atoms with Crippen LogP contribution in [0, 0.1) is 0 Å². The molecule has 1 aliphatic heterocycles. The summed E-state index contributed by atoms with van der Waals surface area (Å²) in [5.41, 5.74) is 6.69. The second-order valence-electron chi connectivity index (χ2n) is 2.12. The van der Waals surface area contributed by atoms with Crippen molar-refractivity contribution in [1.82, 2.24) is 16.0 Å². The maximum atomic E-state index is 4.14. The molecule has 60 valence electrons. The van der Waals surface area contributed by atoms with Crippen molar-refractivity contribution >= 4 is 6.21 Å². The van der Waals surface area contributed by atoms with Gasteiger partial charge in [0.05, 0.1) is 5.70 Å². The lowest BCUT2D eigenvalue weighted by Gasteiger charge is -2.09. The second-order valence-corrected chi connectivity index (χ2v) is 2.12. The first-order chi connectivity index (χ1) is 5.29. The van der Waals surface area contributed by atoms with E-state index >= 15 is 0 Å². The smallest absolute Gasteiger partial charge is 0.168 e. The van der Waals surface area contributed by atoms with Gasteiger partial charge in [0.25, 0.3) is 0 Å². The van der Waals surface area contributed by atoms with Crippen molar-refractivity contribution in [3.8, 4) is 0 Å². The minimum absolute atomic E-state index is 0.850. The Morgan fingerprint density at radius 3 is 2.91 bits per heavy atom. The maximum Gasteiger partial charge on any atom is 0.168 e. The Kier molecular flexibility index (Phi) is 2.28. The van der Waals surface area contributed by atoms with E-state index in [0.717, 1.165) is 11.5 Å². The standard InChI is InChI=1S/C7H12N4/c1-4-6-7(8-5-2)11(3)10-9-6/h4-5,9-10H,1H2,2-3H3/b8-5-. The van der Waals surface area contributed by atoms with E-state index in [1.165, 1.54) is 0 Å². The summed E-state index contributed by atoms with van der Waals surface area (Å²) in [5, 5.41) is 1.79. The number of rotatable bonds is 2. The predicted octanol–water partition coefficient (Wildman–Crippen LogP) is 0.387. The number of hydrazine groups is 2. The van der Waals surface area contributed by atoms with Gasteiger partial charge in [-0.25, -0.2) is 4.99 Å². The summed E-state index contributed by atoms with van der Waals surface area (Å²) in [6.45, 7) is 5.52. The van der Waals surface area contributed by atoms with Gasteiger partial charge in [-0.05, 0) is 13.0 Å². The summed E-state index contributed by atoms with van der Waals surface area (Å²) < 4.78 is 0. The average Bonchev–Trinajstić information content (AvgIpc) is 2.34. The van der Waals surface area contributed by atoms with Crippen LogP contribution in [0.3, 0.4) is 0 Å². The van der Waals surface area contributed by atoms with E-state index in [1.54, 1.807) is 17.3 Å². The normalized spacial score (nSPS) is 17.8. The van der Waals surface area contributed by atoms with E-state index < -0.39 is 0 Å². The van der Waals surface area contributed by atoms with Crippen LogP contribution in [0.2, 0.25) is 0 Å². The van der Waals surface area contributed by atoms with Gasteiger partial charge in [-0.1, -0.05) is 6.58 Å². The van der Waals surface area contributed by atoms with E-state index in [-0.39, 0.29) is 0 Å². The van der Waals surface area contributed by atoms with Crippen molar-refractivity contribution in [2.75, 3.05) is 7.05 Å². The number of hydrogen-bond donors (Lipinski definition) is 2. The van der Waals surface area contributed by atoms with Crippen molar-refractivity contribution in [2.24, 2.45) is 4.99 Å². The molecule has 1 heterocycles. The van der Waals surface area contributed by atoms with Crippen molar-refractivity contribution < 1.29 is 0 Å². The molecule has 0 aromatic rings. The van der Waals surface area contributed by atoms with Crippen LogP contribution in [0.25, 0.3) is 0 Å². The Labute approximate surface area is 66.2 Å². The van der Waals surface area contributed by atoms with Gasteiger partial charge in [0, 0.05) is 13.3 Å². The van der Waals surface area contributed by atoms with Crippen LogP contribution < -0.4 is 11.0 Å². The largest absolute Gasteiger partial charge is 0.300 e. The van der Waals surface area contributed by atoms with Crippen LogP contribution in [-0.2, 0) is 0 Å². The van der Waals surface area contributed by atoms with E-state index in [2.05, 4.69) is 22.5 Å². The summed E-state index contributed by atoms with van der Waals surface area (Å²) in [5.74, 6) is 0.850. The molecule has 0 fully saturated rings. The summed E-state index contributed by atoms with van der Waals surface area (Å²) in [4.78, 5) is 4.14. The Balaban J connectivity index is 2.89. The van der Waals surface area contributed by atoms with Gasteiger partial charge in [-0.2, -0.15) is 0 Å². The zero-order chi connectivity index (χ0) is 8.27. The van der Waals surface area contributed by atoms with Gasteiger partial charge >= 0.3 is 0 Å². The third kappa shape index (κ3) is 1.40. The lowest BCUT2D eigenvalue weighted by Crippen LogP contribution is -2.34. The van der Waals surface area contributed by atoms with Crippen LogP contribution in [-0.4, -0.2) is 18.3 Å². The molecule has 0 atom stereocenters. The zero-order valence-corrected chi connectivity index (χ0v) is 6.76. The first-order valence-electron chi connectivity index (χ1n) is 3.40. The van der Waals surface area contributed by atoms with Crippen molar-refractivity contribution in [3.05, 3.63) is 24.2 Å². The highest BCUT2D eigenvalue weighted by molar-refractivity contribution is 5.55. The molecular weight excluding hydrogens is 140 g/mol. The molecule has 0 aliphatic carbocycles. The third-order valence-electron chi connectivity index (χ3n) is 1.37. The molecule has 11 heavy (non-hydrogen) atoms. The number of aliphatic imine (C=N–C) groups is 1. The van der Waals surface area contributed by atoms with Crippen molar-refractivity contribution in [2.45, 2.75) is 6.92 Å². The summed E-state index contributed by atoms with van der Waals surface area (Å²) in [6.07, 6.45) is 3.46. The van der Waals surface area contributed by atoms with E-state index in [1.807, 2.05) is 14.0 Å². The molecular formula is C7H12N4. The van der Waals surface area contributed by atoms with E-state index in [9.17, 15) is 0 Å². The molecule has 0 spiro atoms. The van der Waals surface area contributed by atoms with Crippen molar-refractivity contribution in [1.29, 1.82) is 0 Å². The van der Waals surface area contributed by atoms with E-state index in [4.69, 9.17) is 0 Å². The third-order valence-corrected chi connectivity index (χ3v) is 1.37. The first kappa shape index (κ1) is 7.81. The molecule has 0 saturated carbocycles. The van der Waals surface area contributed by atoms with Gasteiger partial charge in [0.1, 0.15) is 0 Å².